The molecule has 2 aliphatic heterocycles. The van der Waals surface area contributed by atoms with Crippen molar-refractivity contribution in [1.82, 2.24) is 0 Å². The molecule has 0 N–H and O–H groups in total. The Balaban J connectivity index is 0.000000280. The number of benzene rings is 1. The maximum Gasteiger partial charge on any atom is 2.00 e. The second-order valence-electron chi connectivity index (χ2n) is 25.0. The van der Waals surface area contributed by atoms with Gasteiger partial charge in [0.15, 0.2) is 0 Å². The first-order chi connectivity index (χ1) is 29.9. The Labute approximate surface area is 413 Å². The van der Waals surface area contributed by atoms with Crippen molar-refractivity contribution >= 4 is 28.5 Å². The summed E-state index contributed by atoms with van der Waals surface area (Å²) in [7, 11) is 0. The standard InChI is InChI=1S/C29H52N3.C29H42N3.Zn/c2*1-20(30-24-16-12-22(13-17-24)28(3,4)5)26-10-9-11-27(32-26)21(2)31-25-18-14-23(15-19-25)29(6,7)8;/h22-27H,9-19H2,1-8H3;9-13,16-17,23,25-26H,14-15,18-19H2,1-8H3;/q2*-1;+2. The zero-order valence-corrected chi connectivity index (χ0v) is 47.7. The molecule has 65 heavy (non-hydrogen) atoms. The number of allylic oxidation sites excluding steroid dienone is 3. The zero-order valence-electron chi connectivity index (χ0n) is 44.7. The summed E-state index contributed by atoms with van der Waals surface area (Å²) in [6.07, 6.45) is 25.2. The van der Waals surface area contributed by atoms with Crippen LogP contribution < -0.4 is 0 Å². The average molecular weight is 941 g/mol. The number of aliphatic imine (C=N–C) groups is 4. The van der Waals surface area contributed by atoms with Gasteiger partial charge in [-0.3, -0.25) is 20.0 Å². The Morgan fingerprint density at radius 2 is 0.908 bits per heavy atom. The van der Waals surface area contributed by atoms with Crippen LogP contribution >= 0.6 is 0 Å². The van der Waals surface area contributed by atoms with Crippen LogP contribution in [0.3, 0.4) is 0 Å². The normalized spacial score (nSPS) is 30.3. The molecule has 5 aliphatic rings. The molecular weight excluding hydrogens is 846 g/mol. The van der Waals surface area contributed by atoms with Crippen molar-refractivity contribution in [1.29, 1.82) is 0 Å². The molecule has 2 heterocycles. The Morgan fingerprint density at radius 1 is 0.508 bits per heavy atom. The molecule has 0 bridgehead atoms. The summed E-state index contributed by atoms with van der Waals surface area (Å²) in [5.74, 6) is 2.53. The smallest absolute Gasteiger partial charge is 0.672 e. The molecule has 3 aliphatic carbocycles. The van der Waals surface area contributed by atoms with Gasteiger partial charge in [0.2, 0.25) is 0 Å². The molecule has 3 unspecified atom stereocenters. The van der Waals surface area contributed by atoms with Crippen LogP contribution in [0.25, 0.3) is 10.6 Å². The van der Waals surface area contributed by atoms with E-state index in [0.29, 0.717) is 46.5 Å². The molecule has 0 spiro atoms. The van der Waals surface area contributed by atoms with Gasteiger partial charge in [-0.15, -0.1) is 5.70 Å². The van der Waals surface area contributed by atoms with Crippen LogP contribution in [0.5, 0.6) is 0 Å². The first kappa shape index (κ1) is 55.4. The van der Waals surface area contributed by atoms with Crippen molar-refractivity contribution in [3.05, 3.63) is 64.4 Å². The summed E-state index contributed by atoms with van der Waals surface area (Å²) >= 11 is 0. The Hall–Kier alpha value is -2.24. The van der Waals surface area contributed by atoms with Crippen LogP contribution in [-0.4, -0.2) is 59.1 Å². The first-order valence-corrected chi connectivity index (χ1v) is 25.9. The van der Waals surface area contributed by atoms with E-state index >= 15 is 0 Å². The van der Waals surface area contributed by atoms with Crippen molar-refractivity contribution in [3.63, 3.8) is 0 Å². The van der Waals surface area contributed by atoms with E-state index in [1.54, 1.807) is 0 Å². The fourth-order valence-electron chi connectivity index (χ4n) is 11.0. The van der Waals surface area contributed by atoms with E-state index in [0.717, 1.165) is 40.6 Å². The third kappa shape index (κ3) is 17.0. The van der Waals surface area contributed by atoms with E-state index in [2.05, 4.69) is 153 Å². The fourth-order valence-corrected chi connectivity index (χ4v) is 11.0. The van der Waals surface area contributed by atoms with Gasteiger partial charge in [0, 0.05) is 23.5 Å². The minimum atomic E-state index is -0.0286. The molecule has 4 fully saturated rings. The van der Waals surface area contributed by atoms with Gasteiger partial charge in [-0.05, 0) is 173 Å². The van der Waals surface area contributed by atoms with Gasteiger partial charge in [0.05, 0.1) is 11.7 Å². The molecule has 7 heteroatoms. The van der Waals surface area contributed by atoms with Gasteiger partial charge in [-0.2, -0.15) is 0 Å². The topological polar surface area (TPSA) is 77.6 Å². The third-order valence-corrected chi connectivity index (χ3v) is 15.9. The van der Waals surface area contributed by atoms with Crippen molar-refractivity contribution in [2.24, 2.45) is 54.0 Å². The van der Waals surface area contributed by atoms with E-state index in [1.165, 1.54) is 113 Å². The van der Waals surface area contributed by atoms with Gasteiger partial charge >= 0.3 is 19.5 Å². The molecule has 3 saturated carbocycles. The van der Waals surface area contributed by atoms with E-state index in [9.17, 15) is 0 Å². The fraction of sp³-hybridized carbons (Fsp3) is 0.759. The Morgan fingerprint density at radius 3 is 1.29 bits per heavy atom. The predicted octanol–water partition coefficient (Wildman–Crippen LogP) is 16.7. The van der Waals surface area contributed by atoms with Crippen LogP contribution in [0.2, 0.25) is 0 Å². The van der Waals surface area contributed by atoms with E-state index in [4.69, 9.17) is 30.6 Å². The number of nitrogens with zero attached hydrogens (tertiary/aromatic N) is 6. The summed E-state index contributed by atoms with van der Waals surface area (Å²) in [5, 5.41) is 10.2. The van der Waals surface area contributed by atoms with E-state index in [1.807, 2.05) is 0 Å². The maximum atomic E-state index is 5.26. The quantitative estimate of drug-likeness (QED) is 0.184. The summed E-state index contributed by atoms with van der Waals surface area (Å²) < 4.78 is 0. The van der Waals surface area contributed by atoms with Gasteiger partial charge in [-0.1, -0.05) is 151 Å². The molecule has 358 valence electrons. The van der Waals surface area contributed by atoms with E-state index in [-0.39, 0.29) is 30.9 Å². The van der Waals surface area contributed by atoms with E-state index < -0.39 is 0 Å². The average Bonchev–Trinajstić information content (AvgIpc) is 3.23. The van der Waals surface area contributed by atoms with Crippen molar-refractivity contribution in [2.75, 3.05) is 0 Å². The van der Waals surface area contributed by atoms with Crippen LogP contribution in [0.1, 0.15) is 213 Å². The van der Waals surface area contributed by atoms with Crippen molar-refractivity contribution < 1.29 is 19.5 Å². The second kappa shape index (κ2) is 23.9. The van der Waals surface area contributed by atoms with Gasteiger partial charge in [-0.25, -0.2) is 0 Å². The molecule has 6 rings (SSSR count). The summed E-state index contributed by atoms with van der Waals surface area (Å²) in [6.45, 7) is 36.8. The number of hydrogen-bond donors (Lipinski definition) is 0. The largest absolute Gasteiger partial charge is 2.00 e. The molecule has 1 saturated heterocycles. The van der Waals surface area contributed by atoms with Crippen LogP contribution in [0.4, 0.5) is 5.69 Å². The molecule has 1 aromatic carbocycles. The van der Waals surface area contributed by atoms with Crippen LogP contribution in [-0.2, 0) is 24.9 Å². The summed E-state index contributed by atoms with van der Waals surface area (Å²) in [5.41, 5.74) is 9.38. The minimum Gasteiger partial charge on any atom is -0.672 e. The number of piperidine rings is 1. The molecule has 0 amide bonds. The molecule has 3 atom stereocenters. The van der Waals surface area contributed by atoms with Gasteiger partial charge < -0.3 is 10.6 Å². The number of hydrogen-bond acceptors (Lipinski definition) is 4. The van der Waals surface area contributed by atoms with Crippen LogP contribution in [0.15, 0.2) is 68.2 Å². The SMILES string of the molecule is CC(=NC1CCC(C(C)(C)C)CC1)C1=CC=CC(C(C)=Nc2ccc(C(C)(C)C)cc2)[N-]1.CC(=NC1CCC(C(C)(C)C)CC1)C1CCCC(C(C)=NC2CCC(C(C)(C)C)CC2)[N-]1.[Zn+2]. The minimum absolute atomic E-state index is 0. The Bertz CT molecular complexity index is 1760. The second-order valence-corrected chi connectivity index (χ2v) is 25.0. The molecule has 1 aromatic rings. The molecule has 0 aromatic heterocycles. The predicted molar refractivity (Wildman–Crippen MR) is 282 cm³/mol. The van der Waals surface area contributed by atoms with Crippen molar-refractivity contribution in [2.45, 2.75) is 249 Å². The zero-order chi connectivity index (χ0) is 47.0. The molecule has 6 nitrogen and oxygen atoms in total. The van der Waals surface area contributed by atoms with Gasteiger partial charge in [0.1, 0.15) is 0 Å². The monoisotopic (exact) mass is 939 g/mol. The van der Waals surface area contributed by atoms with Crippen LogP contribution in [0, 0.1) is 34.0 Å². The Kier molecular flexibility index (Phi) is 20.3. The number of rotatable bonds is 8. The first-order valence-electron chi connectivity index (χ1n) is 25.9. The van der Waals surface area contributed by atoms with Gasteiger partial charge in [0.25, 0.3) is 0 Å². The third-order valence-electron chi connectivity index (χ3n) is 15.9. The summed E-state index contributed by atoms with van der Waals surface area (Å²) in [6, 6.07) is 10.7. The molecule has 0 radical (unpaired) electrons. The summed E-state index contributed by atoms with van der Waals surface area (Å²) in [4.78, 5) is 20.3. The maximum absolute atomic E-state index is 5.26. The molecular formula is C58H94N6Zn. The van der Waals surface area contributed by atoms with Crippen molar-refractivity contribution in [3.8, 4) is 0 Å².